The molecule has 0 aliphatic carbocycles. The van der Waals surface area contributed by atoms with Gasteiger partial charge in [-0.3, -0.25) is 0 Å². The van der Waals surface area contributed by atoms with Crippen LogP contribution >= 0.6 is 11.3 Å². The first kappa shape index (κ1) is 24.5. The Kier molecular flexibility index (Phi) is 8.59. The zero-order valence-electron chi connectivity index (χ0n) is 20.1. The Bertz CT molecular complexity index is 1290. The van der Waals surface area contributed by atoms with Gasteiger partial charge in [-0.05, 0) is 47.0 Å². The molecule has 0 radical (unpaired) electrons. The van der Waals surface area contributed by atoms with Gasteiger partial charge in [0.1, 0.15) is 18.2 Å². The highest BCUT2D eigenvalue weighted by molar-refractivity contribution is 7.19. The van der Waals surface area contributed by atoms with Crippen molar-refractivity contribution >= 4 is 33.7 Å². The Morgan fingerprint density at radius 3 is 2.06 bits per heavy atom. The number of hydrogen-bond donors (Lipinski definition) is 0. The Hall–Kier alpha value is -3.23. The molecule has 36 heavy (non-hydrogen) atoms. The molecule has 4 aromatic rings. The fourth-order valence-corrected chi connectivity index (χ4v) is 4.67. The van der Waals surface area contributed by atoms with Crippen molar-refractivity contribution in [2.45, 2.75) is 0 Å². The number of thiazole rings is 1. The number of ether oxygens (including phenoxy) is 5. The highest BCUT2D eigenvalue weighted by Crippen LogP contribution is 2.31. The molecular weight excluding hydrogens is 474 g/mol. The lowest BCUT2D eigenvalue weighted by Gasteiger charge is -2.13. The molecular formula is C29H29NO5S. The van der Waals surface area contributed by atoms with Crippen molar-refractivity contribution in [1.29, 1.82) is 0 Å². The lowest BCUT2D eigenvalue weighted by Crippen LogP contribution is -2.13. The Labute approximate surface area is 215 Å². The van der Waals surface area contributed by atoms with Crippen molar-refractivity contribution in [2.24, 2.45) is 0 Å². The molecule has 5 rings (SSSR count). The minimum atomic E-state index is 0.432. The van der Waals surface area contributed by atoms with Gasteiger partial charge in [0.15, 0.2) is 11.5 Å². The van der Waals surface area contributed by atoms with Gasteiger partial charge in [0.05, 0.1) is 49.9 Å². The fourth-order valence-electron chi connectivity index (χ4n) is 3.82. The molecule has 0 unspecified atom stereocenters. The van der Waals surface area contributed by atoms with Crippen LogP contribution in [-0.2, 0) is 14.2 Å². The van der Waals surface area contributed by atoms with Gasteiger partial charge in [-0.1, -0.05) is 48.5 Å². The van der Waals surface area contributed by atoms with Gasteiger partial charge < -0.3 is 23.7 Å². The summed E-state index contributed by atoms with van der Waals surface area (Å²) in [5, 5.41) is 0.955. The van der Waals surface area contributed by atoms with E-state index >= 15 is 0 Å². The number of benzene rings is 3. The summed E-state index contributed by atoms with van der Waals surface area (Å²) in [6, 6.07) is 22.7. The standard InChI is InChI=1S/C29H29NO5S/c1-2-4-23(5-3-1)24-8-10-28-25(21-24)30-29(36-28)11-7-22-6-9-26-27(20-22)35-19-17-33-15-13-31-12-14-32-16-18-34-26/h1-11,20-21H,12-19H2/b11-7+. The van der Waals surface area contributed by atoms with E-state index in [4.69, 9.17) is 28.7 Å². The molecule has 0 saturated heterocycles. The van der Waals surface area contributed by atoms with Gasteiger partial charge in [0.25, 0.3) is 0 Å². The van der Waals surface area contributed by atoms with E-state index in [1.165, 1.54) is 15.8 Å². The fraction of sp³-hybridized carbons (Fsp3) is 0.276. The molecule has 1 aromatic heterocycles. The van der Waals surface area contributed by atoms with Crippen LogP contribution in [0, 0.1) is 0 Å². The second-order valence-electron chi connectivity index (χ2n) is 8.17. The zero-order valence-corrected chi connectivity index (χ0v) is 20.9. The number of hydrogen-bond acceptors (Lipinski definition) is 7. The van der Waals surface area contributed by atoms with Gasteiger partial charge in [-0.15, -0.1) is 11.3 Å². The van der Waals surface area contributed by atoms with Crippen molar-refractivity contribution in [3.05, 3.63) is 77.3 Å². The number of fused-ring (bicyclic) bond motifs is 2. The summed E-state index contributed by atoms with van der Waals surface area (Å²) in [5.74, 6) is 1.37. The maximum absolute atomic E-state index is 5.98. The monoisotopic (exact) mass is 503 g/mol. The Morgan fingerprint density at radius 1 is 0.611 bits per heavy atom. The Morgan fingerprint density at radius 2 is 1.31 bits per heavy atom. The topological polar surface area (TPSA) is 59.0 Å². The molecule has 1 aliphatic rings. The molecule has 0 saturated carbocycles. The van der Waals surface area contributed by atoms with E-state index in [-0.39, 0.29) is 0 Å². The number of rotatable bonds is 3. The van der Waals surface area contributed by atoms with E-state index in [9.17, 15) is 0 Å². The molecule has 6 nitrogen and oxygen atoms in total. The SMILES string of the molecule is C(=C\c1nc2cc(-c3ccccc3)ccc2s1)/c1ccc2c(c1)OCCOCCOCCOCCO2. The zero-order chi connectivity index (χ0) is 24.4. The normalized spacial score (nSPS) is 16.0. The summed E-state index contributed by atoms with van der Waals surface area (Å²) in [6.07, 6.45) is 4.09. The van der Waals surface area contributed by atoms with Gasteiger partial charge in [-0.2, -0.15) is 0 Å². The maximum atomic E-state index is 5.98. The van der Waals surface area contributed by atoms with Crippen LogP contribution < -0.4 is 9.47 Å². The van der Waals surface area contributed by atoms with Crippen LogP contribution in [0.5, 0.6) is 11.5 Å². The minimum Gasteiger partial charge on any atom is -0.487 e. The summed E-state index contributed by atoms with van der Waals surface area (Å²) in [6.45, 7) is 4.01. The van der Waals surface area contributed by atoms with Crippen molar-refractivity contribution in [3.8, 4) is 22.6 Å². The average Bonchev–Trinajstić information content (AvgIpc) is 3.33. The quantitative estimate of drug-likeness (QED) is 0.344. The van der Waals surface area contributed by atoms with Crippen molar-refractivity contribution in [3.63, 3.8) is 0 Å². The van der Waals surface area contributed by atoms with E-state index in [1.807, 2.05) is 36.4 Å². The first-order chi connectivity index (χ1) is 17.8. The van der Waals surface area contributed by atoms with Gasteiger partial charge in [-0.25, -0.2) is 4.98 Å². The molecule has 0 bridgehead atoms. The lowest BCUT2D eigenvalue weighted by atomic mass is 10.1. The highest BCUT2D eigenvalue weighted by atomic mass is 32.1. The molecule has 0 fully saturated rings. The van der Waals surface area contributed by atoms with Crippen LogP contribution in [0.3, 0.4) is 0 Å². The average molecular weight is 504 g/mol. The largest absolute Gasteiger partial charge is 0.487 e. The second-order valence-corrected chi connectivity index (χ2v) is 9.24. The Balaban J connectivity index is 1.30. The summed E-state index contributed by atoms with van der Waals surface area (Å²) < 4.78 is 29.6. The van der Waals surface area contributed by atoms with Gasteiger partial charge in [0, 0.05) is 0 Å². The van der Waals surface area contributed by atoms with Crippen LogP contribution in [0.15, 0.2) is 66.7 Å². The van der Waals surface area contributed by atoms with Crippen molar-refractivity contribution in [2.75, 3.05) is 52.9 Å². The number of nitrogens with zero attached hydrogens (tertiary/aromatic N) is 1. The van der Waals surface area contributed by atoms with Gasteiger partial charge in [0.2, 0.25) is 0 Å². The molecule has 1 aliphatic heterocycles. The first-order valence-electron chi connectivity index (χ1n) is 12.1. The van der Waals surface area contributed by atoms with Crippen LogP contribution in [0.1, 0.15) is 10.6 Å². The smallest absolute Gasteiger partial charge is 0.161 e. The van der Waals surface area contributed by atoms with Crippen LogP contribution in [-0.4, -0.2) is 57.8 Å². The van der Waals surface area contributed by atoms with E-state index in [2.05, 4.69) is 42.5 Å². The van der Waals surface area contributed by atoms with Crippen LogP contribution in [0.25, 0.3) is 33.5 Å². The third kappa shape index (κ3) is 6.71. The second kappa shape index (κ2) is 12.6. The molecule has 0 spiro atoms. The minimum absolute atomic E-state index is 0.432. The predicted molar refractivity (Wildman–Crippen MR) is 144 cm³/mol. The van der Waals surface area contributed by atoms with Crippen LogP contribution in [0.4, 0.5) is 0 Å². The van der Waals surface area contributed by atoms with E-state index < -0.39 is 0 Å². The molecule has 0 atom stereocenters. The first-order valence-corrected chi connectivity index (χ1v) is 12.9. The third-order valence-electron chi connectivity index (χ3n) is 5.61. The van der Waals surface area contributed by atoms with E-state index in [0.717, 1.165) is 16.1 Å². The predicted octanol–water partition coefficient (Wildman–Crippen LogP) is 5.95. The van der Waals surface area contributed by atoms with Crippen molar-refractivity contribution < 1.29 is 23.7 Å². The summed E-state index contributed by atoms with van der Waals surface area (Å²) in [5.41, 5.74) is 4.37. The number of aromatic nitrogens is 1. The molecule has 2 heterocycles. The third-order valence-corrected chi connectivity index (χ3v) is 6.61. The van der Waals surface area contributed by atoms with Crippen LogP contribution in [0.2, 0.25) is 0 Å². The van der Waals surface area contributed by atoms with Gasteiger partial charge >= 0.3 is 0 Å². The highest BCUT2D eigenvalue weighted by Gasteiger charge is 2.08. The maximum Gasteiger partial charge on any atom is 0.161 e. The van der Waals surface area contributed by atoms with E-state index in [0.29, 0.717) is 64.4 Å². The molecule has 186 valence electrons. The lowest BCUT2D eigenvalue weighted by molar-refractivity contribution is 0.00708. The summed E-state index contributed by atoms with van der Waals surface area (Å²) >= 11 is 1.68. The summed E-state index contributed by atoms with van der Waals surface area (Å²) in [7, 11) is 0. The summed E-state index contributed by atoms with van der Waals surface area (Å²) in [4.78, 5) is 4.83. The molecule has 0 amide bonds. The molecule has 0 N–H and O–H groups in total. The van der Waals surface area contributed by atoms with Crippen molar-refractivity contribution in [1.82, 2.24) is 4.98 Å². The van der Waals surface area contributed by atoms with E-state index in [1.54, 1.807) is 11.3 Å². The molecule has 7 heteroatoms. The molecule has 3 aromatic carbocycles.